The number of ether oxygens (including phenoxy) is 1. The topological polar surface area (TPSA) is 113 Å². The molecule has 0 radical (unpaired) electrons. The Morgan fingerprint density at radius 1 is 0.939 bits per heavy atom. The highest BCUT2D eigenvalue weighted by Gasteiger charge is 2.33. The SMILES string of the molecule is COc1ccc(S(=O)(=O)N2CCCCCC2)cc1C(=O)Nc1ccc2c(c1)C(=O)N(C)C2=O. The van der Waals surface area contributed by atoms with Gasteiger partial charge in [0.05, 0.1) is 28.7 Å². The number of hydrogen-bond donors (Lipinski definition) is 1. The summed E-state index contributed by atoms with van der Waals surface area (Å²) >= 11 is 0. The van der Waals surface area contributed by atoms with E-state index in [0.29, 0.717) is 18.8 Å². The Morgan fingerprint density at radius 2 is 1.61 bits per heavy atom. The Hall–Kier alpha value is -3.24. The summed E-state index contributed by atoms with van der Waals surface area (Å²) in [5.41, 5.74) is 0.819. The van der Waals surface area contributed by atoms with Gasteiger partial charge < -0.3 is 10.1 Å². The van der Waals surface area contributed by atoms with Crippen molar-refractivity contribution in [2.24, 2.45) is 0 Å². The predicted molar refractivity (Wildman–Crippen MR) is 121 cm³/mol. The van der Waals surface area contributed by atoms with Crippen LogP contribution in [0.25, 0.3) is 0 Å². The summed E-state index contributed by atoms with van der Waals surface area (Å²) in [5, 5.41) is 2.67. The maximum absolute atomic E-state index is 13.2. The number of amides is 3. The van der Waals surface area contributed by atoms with Gasteiger partial charge in [-0.1, -0.05) is 12.8 Å². The van der Waals surface area contributed by atoms with Crippen molar-refractivity contribution in [3.63, 3.8) is 0 Å². The first-order chi connectivity index (χ1) is 15.7. The monoisotopic (exact) mass is 471 g/mol. The van der Waals surface area contributed by atoms with E-state index in [0.717, 1.165) is 30.6 Å². The number of anilines is 1. The summed E-state index contributed by atoms with van der Waals surface area (Å²) in [6.07, 6.45) is 3.59. The standard InChI is InChI=1S/C23H25N3O6S/c1-25-22(28)17-9-7-15(13-18(17)23(25)29)24-21(27)19-14-16(8-10-20(19)32-2)33(30,31)26-11-5-3-4-6-12-26/h7-10,13-14H,3-6,11-12H2,1-2H3,(H,24,27). The molecule has 0 aliphatic carbocycles. The first-order valence-corrected chi connectivity index (χ1v) is 12.1. The van der Waals surface area contributed by atoms with Gasteiger partial charge in [0.1, 0.15) is 5.75 Å². The lowest BCUT2D eigenvalue weighted by molar-refractivity contribution is 0.0692. The van der Waals surface area contributed by atoms with Crippen molar-refractivity contribution >= 4 is 33.4 Å². The molecule has 2 aliphatic rings. The van der Waals surface area contributed by atoms with Gasteiger partial charge in [0.2, 0.25) is 10.0 Å². The molecule has 2 aromatic carbocycles. The van der Waals surface area contributed by atoms with E-state index in [1.807, 2.05) is 0 Å². The first kappa shape index (κ1) is 22.9. The number of benzene rings is 2. The van der Waals surface area contributed by atoms with E-state index < -0.39 is 27.7 Å². The second kappa shape index (κ2) is 8.95. The fourth-order valence-corrected chi connectivity index (χ4v) is 5.64. The van der Waals surface area contributed by atoms with Gasteiger partial charge in [0, 0.05) is 25.8 Å². The summed E-state index contributed by atoms with van der Waals surface area (Å²) in [5.74, 6) is -1.23. The zero-order valence-electron chi connectivity index (χ0n) is 18.5. The predicted octanol–water partition coefficient (Wildman–Crippen LogP) is 2.74. The van der Waals surface area contributed by atoms with E-state index in [1.54, 1.807) is 0 Å². The minimum atomic E-state index is -3.76. The van der Waals surface area contributed by atoms with E-state index >= 15 is 0 Å². The average molecular weight is 472 g/mol. The third kappa shape index (κ3) is 4.23. The number of sulfonamides is 1. The maximum Gasteiger partial charge on any atom is 0.261 e. The molecule has 4 rings (SSSR count). The number of carbonyl (C=O) groups excluding carboxylic acids is 3. The van der Waals surface area contributed by atoms with Crippen molar-refractivity contribution < 1.29 is 27.5 Å². The van der Waals surface area contributed by atoms with Gasteiger partial charge in [-0.05, 0) is 49.2 Å². The third-order valence-electron chi connectivity index (χ3n) is 5.97. The highest BCUT2D eigenvalue weighted by Crippen LogP contribution is 2.28. The van der Waals surface area contributed by atoms with Gasteiger partial charge in [-0.15, -0.1) is 0 Å². The number of nitrogens with one attached hydrogen (secondary N) is 1. The average Bonchev–Trinajstić information content (AvgIpc) is 3.03. The Bertz CT molecular complexity index is 1230. The van der Waals surface area contributed by atoms with Crippen LogP contribution in [-0.4, -0.2) is 62.6 Å². The van der Waals surface area contributed by atoms with Crippen LogP contribution in [0.1, 0.15) is 56.8 Å². The number of carbonyl (C=O) groups is 3. The van der Waals surface area contributed by atoms with E-state index in [2.05, 4.69) is 5.32 Å². The molecule has 0 aromatic heterocycles. The summed E-state index contributed by atoms with van der Waals surface area (Å²) in [6.45, 7) is 0.901. The summed E-state index contributed by atoms with van der Waals surface area (Å²) < 4.78 is 33.1. The van der Waals surface area contributed by atoms with Crippen molar-refractivity contribution in [3.8, 4) is 5.75 Å². The highest BCUT2D eigenvalue weighted by molar-refractivity contribution is 7.89. The molecule has 1 fully saturated rings. The first-order valence-electron chi connectivity index (χ1n) is 10.7. The number of nitrogens with zero attached hydrogens (tertiary/aromatic N) is 2. The second-order valence-corrected chi connectivity index (χ2v) is 10.0. The van der Waals surface area contributed by atoms with E-state index in [-0.39, 0.29) is 27.3 Å². The summed E-state index contributed by atoms with van der Waals surface area (Å²) in [6, 6.07) is 8.63. The molecule has 0 saturated carbocycles. The van der Waals surface area contributed by atoms with Crippen LogP contribution < -0.4 is 10.1 Å². The normalized spacial score (nSPS) is 17.0. The summed E-state index contributed by atoms with van der Waals surface area (Å²) in [4.78, 5) is 38.4. The zero-order valence-corrected chi connectivity index (χ0v) is 19.3. The van der Waals surface area contributed by atoms with Gasteiger partial charge >= 0.3 is 0 Å². The van der Waals surface area contributed by atoms with Crippen LogP contribution in [0, 0.1) is 0 Å². The maximum atomic E-state index is 13.2. The molecule has 0 atom stereocenters. The van der Waals surface area contributed by atoms with Crippen LogP contribution in [-0.2, 0) is 10.0 Å². The molecular formula is C23H25N3O6S. The molecule has 0 bridgehead atoms. The van der Waals surface area contributed by atoms with Crippen LogP contribution in [0.4, 0.5) is 5.69 Å². The summed E-state index contributed by atoms with van der Waals surface area (Å²) in [7, 11) is -0.970. The molecule has 1 saturated heterocycles. The Kier molecular flexibility index (Phi) is 6.22. The molecule has 2 aliphatic heterocycles. The largest absolute Gasteiger partial charge is 0.496 e. The minimum absolute atomic E-state index is 0.0201. The number of imide groups is 1. The smallest absolute Gasteiger partial charge is 0.261 e. The highest BCUT2D eigenvalue weighted by atomic mass is 32.2. The van der Waals surface area contributed by atoms with Crippen LogP contribution in [0.2, 0.25) is 0 Å². The lowest BCUT2D eigenvalue weighted by Gasteiger charge is -2.20. The Balaban J connectivity index is 1.63. The number of rotatable bonds is 5. The van der Waals surface area contributed by atoms with Crippen molar-refractivity contribution in [1.29, 1.82) is 0 Å². The van der Waals surface area contributed by atoms with Gasteiger partial charge in [0.25, 0.3) is 17.7 Å². The van der Waals surface area contributed by atoms with E-state index in [4.69, 9.17) is 4.74 Å². The number of hydrogen-bond acceptors (Lipinski definition) is 6. The lowest BCUT2D eigenvalue weighted by atomic mass is 10.1. The molecule has 174 valence electrons. The van der Waals surface area contributed by atoms with Crippen LogP contribution >= 0.6 is 0 Å². The van der Waals surface area contributed by atoms with Gasteiger partial charge in [0.15, 0.2) is 0 Å². The Labute approximate surface area is 192 Å². The molecule has 0 unspecified atom stereocenters. The molecule has 9 nitrogen and oxygen atoms in total. The van der Waals surface area contributed by atoms with Crippen molar-refractivity contribution in [1.82, 2.24) is 9.21 Å². The number of methoxy groups -OCH3 is 1. The quantitative estimate of drug-likeness (QED) is 0.671. The van der Waals surface area contributed by atoms with Gasteiger partial charge in [-0.3, -0.25) is 19.3 Å². The van der Waals surface area contributed by atoms with Crippen molar-refractivity contribution in [3.05, 3.63) is 53.1 Å². The Morgan fingerprint density at radius 3 is 2.27 bits per heavy atom. The molecule has 3 amide bonds. The third-order valence-corrected chi connectivity index (χ3v) is 7.86. The molecule has 0 spiro atoms. The molecular weight excluding hydrogens is 446 g/mol. The minimum Gasteiger partial charge on any atom is -0.496 e. The molecule has 2 heterocycles. The number of fused-ring (bicyclic) bond motifs is 1. The van der Waals surface area contributed by atoms with E-state index in [9.17, 15) is 22.8 Å². The van der Waals surface area contributed by atoms with Crippen LogP contribution in [0.3, 0.4) is 0 Å². The van der Waals surface area contributed by atoms with E-state index in [1.165, 1.54) is 54.9 Å². The van der Waals surface area contributed by atoms with Crippen molar-refractivity contribution in [2.75, 3.05) is 32.6 Å². The molecule has 1 N–H and O–H groups in total. The van der Waals surface area contributed by atoms with Crippen LogP contribution in [0.15, 0.2) is 41.3 Å². The van der Waals surface area contributed by atoms with Crippen LogP contribution in [0.5, 0.6) is 5.75 Å². The second-order valence-electron chi connectivity index (χ2n) is 8.06. The molecule has 2 aromatic rings. The van der Waals surface area contributed by atoms with Gasteiger partial charge in [-0.2, -0.15) is 4.31 Å². The van der Waals surface area contributed by atoms with Crippen molar-refractivity contribution in [2.45, 2.75) is 30.6 Å². The lowest BCUT2D eigenvalue weighted by Crippen LogP contribution is -2.32. The fourth-order valence-electron chi connectivity index (χ4n) is 4.09. The molecule has 33 heavy (non-hydrogen) atoms. The van der Waals surface area contributed by atoms with Gasteiger partial charge in [-0.25, -0.2) is 8.42 Å². The molecule has 10 heteroatoms. The zero-order chi connectivity index (χ0) is 23.8. The fraction of sp³-hybridized carbons (Fsp3) is 0.348.